The highest BCUT2D eigenvalue weighted by Crippen LogP contribution is 2.29. The molecule has 0 amide bonds. The highest BCUT2D eigenvalue weighted by molar-refractivity contribution is 5.15. The van der Waals surface area contributed by atoms with Gasteiger partial charge in [-0.3, -0.25) is 0 Å². The molecular formula is C30H32O6. The fourth-order valence-electron chi connectivity index (χ4n) is 4.14. The highest BCUT2D eigenvalue weighted by Gasteiger charge is 2.47. The fourth-order valence-corrected chi connectivity index (χ4v) is 4.14. The van der Waals surface area contributed by atoms with Gasteiger partial charge in [0.05, 0.1) is 26.4 Å². The summed E-state index contributed by atoms with van der Waals surface area (Å²) in [5, 5.41) is 11.0. The number of aliphatic hydroxyl groups excluding tert-OH is 1. The predicted octanol–water partition coefficient (Wildman–Crippen LogP) is 4.11. The Morgan fingerprint density at radius 2 is 1.17 bits per heavy atom. The Bertz CT molecular complexity index is 1050. The molecular weight excluding hydrogens is 456 g/mol. The van der Waals surface area contributed by atoms with E-state index in [1.165, 1.54) is 0 Å². The SMILES string of the molecule is C#CCOC1C(COCc2ccccc2)OC(O)C(OCc2ccccc2)C1OCc1ccccc1. The van der Waals surface area contributed by atoms with E-state index in [2.05, 4.69) is 5.92 Å². The van der Waals surface area contributed by atoms with Crippen LogP contribution >= 0.6 is 0 Å². The van der Waals surface area contributed by atoms with Gasteiger partial charge in [0.25, 0.3) is 0 Å². The molecule has 0 radical (unpaired) electrons. The first-order valence-electron chi connectivity index (χ1n) is 12.1. The summed E-state index contributed by atoms with van der Waals surface area (Å²) in [4.78, 5) is 0. The van der Waals surface area contributed by atoms with Gasteiger partial charge in [-0.15, -0.1) is 6.42 Å². The van der Waals surface area contributed by atoms with Crippen LogP contribution in [0.15, 0.2) is 91.0 Å². The Kier molecular flexibility index (Phi) is 10.1. The maximum Gasteiger partial charge on any atom is 0.184 e. The summed E-state index contributed by atoms with van der Waals surface area (Å²) in [6.07, 6.45) is 1.63. The van der Waals surface area contributed by atoms with E-state index in [1.807, 2.05) is 91.0 Å². The van der Waals surface area contributed by atoms with Crippen LogP contribution < -0.4 is 0 Å². The van der Waals surface area contributed by atoms with Crippen molar-refractivity contribution >= 4 is 0 Å². The van der Waals surface area contributed by atoms with E-state index >= 15 is 0 Å². The van der Waals surface area contributed by atoms with Gasteiger partial charge in [0.2, 0.25) is 0 Å². The Morgan fingerprint density at radius 3 is 1.69 bits per heavy atom. The lowest BCUT2D eigenvalue weighted by molar-refractivity contribution is -0.314. The molecule has 5 atom stereocenters. The first-order chi connectivity index (χ1) is 17.7. The largest absolute Gasteiger partial charge is 0.374 e. The van der Waals surface area contributed by atoms with E-state index in [0.717, 1.165) is 16.7 Å². The van der Waals surface area contributed by atoms with Gasteiger partial charge >= 0.3 is 0 Å². The van der Waals surface area contributed by atoms with Crippen LogP contribution in [0, 0.1) is 12.3 Å². The van der Waals surface area contributed by atoms with Gasteiger partial charge in [-0.25, -0.2) is 0 Å². The molecule has 0 aromatic heterocycles. The van der Waals surface area contributed by atoms with Gasteiger partial charge in [-0.2, -0.15) is 0 Å². The van der Waals surface area contributed by atoms with E-state index in [-0.39, 0.29) is 19.8 Å². The zero-order valence-corrected chi connectivity index (χ0v) is 20.1. The summed E-state index contributed by atoms with van der Waals surface area (Å²) in [6.45, 7) is 1.26. The number of hydrogen-bond acceptors (Lipinski definition) is 6. The third-order valence-corrected chi connectivity index (χ3v) is 5.93. The molecule has 1 N–H and O–H groups in total. The lowest BCUT2D eigenvalue weighted by Gasteiger charge is -2.44. The first kappa shape index (κ1) is 26.1. The van der Waals surface area contributed by atoms with Crippen molar-refractivity contribution in [3.8, 4) is 12.3 Å². The molecule has 4 rings (SSSR count). The van der Waals surface area contributed by atoms with Gasteiger partial charge in [-0.05, 0) is 16.7 Å². The Balaban J connectivity index is 1.50. The van der Waals surface area contributed by atoms with E-state index in [0.29, 0.717) is 13.2 Å². The van der Waals surface area contributed by atoms with Crippen LogP contribution in [0.5, 0.6) is 0 Å². The van der Waals surface area contributed by atoms with Gasteiger partial charge in [0.1, 0.15) is 31.0 Å². The normalized spacial score (nSPS) is 23.7. The molecule has 1 aliphatic rings. The number of aliphatic hydroxyl groups is 1. The molecule has 3 aromatic carbocycles. The van der Waals surface area contributed by atoms with E-state index in [9.17, 15) is 5.11 Å². The molecule has 0 spiro atoms. The maximum absolute atomic E-state index is 11.0. The second-order valence-corrected chi connectivity index (χ2v) is 8.57. The van der Waals surface area contributed by atoms with Crippen molar-refractivity contribution in [2.45, 2.75) is 50.5 Å². The predicted molar refractivity (Wildman–Crippen MR) is 136 cm³/mol. The summed E-state index contributed by atoms with van der Waals surface area (Å²) in [7, 11) is 0. The third-order valence-electron chi connectivity index (χ3n) is 5.93. The Morgan fingerprint density at radius 1 is 0.667 bits per heavy atom. The number of hydrogen-bond donors (Lipinski definition) is 1. The second kappa shape index (κ2) is 13.9. The summed E-state index contributed by atoms with van der Waals surface area (Å²) in [6, 6.07) is 29.4. The minimum atomic E-state index is -1.23. The summed E-state index contributed by atoms with van der Waals surface area (Å²) >= 11 is 0. The third kappa shape index (κ3) is 7.49. The maximum atomic E-state index is 11.0. The van der Waals surface area contributed by atoms with Gasteiger partial charge in [0, 0.05) is 0 Å². The standard InChI is InChI=1S/C30H32O6/c1-2-18-33-27-26(22-32-19-23-12-6-3-7-13-23)36-30(31)29(35-21-25-16-10-5-11-17-25)28(27)34-20-24-14-8-4-9-15-24/h1,3-17,26-31H,18-22H2. The van der Waals surface area contributed by atoms with Crippen LogP contribution in [0.1, 0.15) is 16.7 Å². The molecule has 3 aromatic rings. The van der Waals surface area contributed by atoms with Crippen molar-refractivity contribution in [2.75, 3.05) is 13.2 Å². The van der Waals surface area contributed by atoms with Crippen molar-refractivity contribution in [3.05, 3.63) is 108 Å². The molecule has 188 valence electrons. The molecule has 1 aliphatic heterocycles. The molecule has 0 bridgehead atoms. The van der Waals surface area contributed by atoms with Crippen LogP contribution in [0.3, 0.4) is 0 Å². The molecule has 1 heterocycles. The Hall–Kier alpha value is -3.02. The summed E-state index contributed by atoms with van der Waals surface area (Å²) < 4.78 is 30.4. The van der Waals surface area contributed by atoms with Crippen molar-refractivity contribution < 1.29 is 28.8 Å². The number of rotatable bonds is 12. The number of ether oxygens (including phenoxy) is 5. The lowest BCUT2D eigenvalue weighted by Crippen LogP contribution is -2.61. The zero-order valence-electron chi connectivity index (χ0n) is 20.1. The second-order valence-electron chi connectivity index (χ2n) is 8.57. The molecule has 6 heteroatoms. The van der Waals surface area contributed by atoms with Crippen LogP contribution in [0.4, 0.5) is 0 Å². The first-order valence-corrected chi connectivity index (χ1v) is 12.1. The quantitative estimate of drug-likeness (QED) is 0.387. The fraction of sp³-hybridized carbons (Fsp3) is 0.333. The van der Waals surface area contributed by atoms with Crippen molar-refractivity contribution in [2.24, 2.45) is 0 Å². The minimum absolute atomic E-state index is 0.0654. The minimum Gasteiger partial charge on any atom is -0.374 e. The molecule has 0 saturated carbocycles. The molecule has 6 nitrogen and oxygen atoms in total. The van der Waals surface area contributed by atoms with Gasteiger partial charge in [0.15, 0.2) is 6.29 Å². The Labute approximate surface area is 212 Å². The van der Waals surface area contributed by atoms with Crippen molar-refractivity contribution in [3.63, 3.8) is 0 Å². The summed E-state index contributed by atoms with van der Waals surface area (Å²) in [5.41, 5.74) is 3.00. The summed E-state index contributed by atoms with van der Waals surface area (Å²) in [5.74, 6) is 2.52. The average Bonchev–Trinajstić information content (AvgIpc) is 2.92. The number of terminal acetylenes is 1. The van der Waals surface area contributed by atoms with Crippen molar-refractivity contribution in [1.29, 1.82) is 0 Å². The highest BCUT2D eigenvalue weighted by atomic mass is 16.7. The van der Waals surface area contributed by atoms with Gasteiger partial charge in [-0.1, -0.05) is 96.9 Å². The van der Waals surface area contributed by atoms with Crippen LogP contribution in [0.2, 0.25) is 0 Å². The molecule has 1 saturated heterocycles. The lowest BCUT2D eigenvalue weighted by atomic mass is 9.98. The smallest absolute Gasteiger partial charge is 0.184 e. The van der Waals surface area contributed by atoms with Crippen molar-refractivity contribution in [1.82, 2.24) is 0 Å². The van der Waals surface area contributed by atoms with E-state index in [4.69, 9.17) is 30.1 Å². The molecule has 5 unspecified atom stereocenters. The molecule has 36 heavy (non-hydrogen) atoms. The van der Waals surface area contributed by atoms with Gasteiger partial charge < -0.3 is 28.8 Å². The van der Waals surface area contributed by atoms with Crippen LogP contribution in [0.25, 0.3) is 0 Å². The zero-order chi connectivity index (χ0) is 25.0. The van der Waals surface area contributed by atoms with E-state index < -0.39 is 30.7 Å². The average molecular weight is 489 g/mol. The molecule has 1 fully saturated rings. The van der Waals surface area contributed by atoms with Crippen LogP contribution in [-0.4, -0.2) is 49.0 Å². The monoisotopic (exact) mass is 488 g/mol. The van der Waals surface area contributed by atoms with E-state index in [1.54, 1.807) is 0 Å². The van der Waals surface area contributed by atoms with Crippen LogP contribution in [-0.2, 0) is 43.5 Å². The topological polar surface area (TPSA) is 66.4 Å². The number of benzene rings is 3. The molecule has 0 aliphatic carbocycles.